The van der Waals surface area contributed by atoms with Gasteiger partial charge in [-0.25, -0.2) is 19.6 Å². The first kappa shape index (κ1) is 52.6. The van der Waals surface area contributed by atoms with Crippen LogP contribution in [0.1, 0.15) is 102 Å². The topological polar surface area (TPSA) is 155 Å². The van der Waals surface area contributed by atoms with E-state index < -0.39 is 23.7 Å². The van der Waals surface area contributed by atoms with Gasteiger partial charge in [-0.2, -0.15) is 26.3 Å². The largest absolute Gasteiger partial charge is 0.506 e. The van der Waals surface area contributed by atoms with Crippen LogP contribution in [0.5, 0.6) is 11.5 Å². The van der Waals surface area contributed by atoms with Crippen LogP contribution in [-0.4, -0.2) is 143 Å². The monoisotopic (exact) mass is 1010 g/mol. The lowest BCUT2D eigenvalue weighted by Crippen LogP contribution is -2.56. The van der Waals surface area contributed by atoms with Crippen molar-refractivity contribution in [2.45, 2.75) is 115 Å². The Morgan fingerprint density at radius 3 is 1.51 bits per heavy atom. The van der Waals surface area contributed by atoms with Gasteiger partial charge in [0.05, 0.1) is 31.2 Å². The molecule has 8 heterocycles. The molecule has 10 rings (SSSR count). The summed E-state index contributed by atoms with van der Waals surface area (Å²) in [5, 5.41) is 8.59. The second kappa shape index (κ2) is 23.0. The predicted octanol–water partition coefficient (Wildman–Crippen LogP) is 8.76. The molecule has 0 aromatic carbocycles. The molecule has 2 aliphatic carbocycles. The third-order valence-electron chi connectivity index (χ3n) is 16.4. The second-order valence-corrected chi connectivity index (χ2v) is 21.1. The van der Waals surface area contributed by atoms with E-state index in [0.29, 0.717) is 68.5 Å². The number of urea groups is 2. The first-order valence-corrected chi connectivity index (χ1v) is 25.6. The molecule has 10 atom stereocenters. The highest BCUT2D eigenvalue weighted by atomic mass is 19.4. The average Bonchev–Trinajstić information content (AvgIpc) is 3.36. The summed E-state index contributed by atoms with van der Waals surface area (Å²) >= 11 is 0. The molecule has 1 N–H and O–H groups in total. The zero-order valence-corrected chi connectivity index (χ0v) is 40.5. The summed E-state index contributed by atoms with van der Waals surface area (Å²) in [6, 6.07) is 4.21. The molecule has 14 nitrogen and oxygen atoms in total. The third-order valence-corrected chi connectivity index (χ3v) is 16.4. The summed E-state index contributed by atoms with van der Waals surface area (Å²) in [6.07, 6.45) is 6.47. The number of pyridine rings is 2. The van der Waals surface area contributed by atoms with Crippen molar-refractivity contribution in [3.05, 3.63) is 48.0 Å². The molecule has 2 saturated carbocycles. The number of carbonyl (C=O) groups excluding carboxylic acids is 4. The number of aromatic hydroxyl groups is 1. The third kappa shape index (κ3) is 13.7. The number of carbonyl (C=O) groups is 4. The van der Waals surface area contributed by atoms with Crippen LogP contribution in [-0.2, 0) is 31.4 Å². The van der Waals surface area contributed by atoms with Gasteiger partial charge in [0.25, 0.3) is 0 Å². The van der Waals surface area contributed by atoms with E-state index in [9.17, 15) is 45.5 Å². The van der Waals surface area contributed by atoms with Crippen LogP contribution in [0.2, 0.25) is 0 Å². The lowest BCUT2D eigenvalue weighted by molar-refractivity contribution is -0.142. The molecule has 0 bridgehead atoms. The fourth-order valence-electron chi connectivity index (χ4n) is 12.4. The van der Waals surface area contributed by atoms with E-state index >= 15 is 0 Å². The number of hydrogen-bond acceptors (Lipinski definition) is 10. The number of Topliss-reactive ketones (excluding diaryl/α,β-unsaturated/α-hetero) is 2. The lowest BCUT2D eigenvalue weighted by Gasteiger charge is -2.46. The number of fused-ring (bicyclic) bond motifs is 4. The number of alkyl halides is 6. The first-order valence-electron chi connectivity index (χ1n) is 25.6. The minimum atomic E-state index is -4.45. The van der Waals surface area contributed by atoms with Crippen molar-refractivity contribution in [3.63, 3.8) is 0 Å². The number of piperidine rings is 4. The summed E-state index contributed by atoms with van der Waals surface area (Å²) in [4.78, 5) is 64.1. The molecule has 4 amide bonds. The van der Waals surface area contributed by atoms with Gasteiger partial charge in [-0.1, -0.05) is 19.8 Å². The van der Waals surface area contributed by atoms with Crippen LogP contribution in [0.4, 0.5) is 35.9 Å². The molecule has 0 spiro atoms. The van der Waals surface area contributed by atoms with Crippen molar-refractivity contribution >= 4 is 23.6 Å². The molecule has 8 fully saturated rings. The Bertz CT molecular complexity index is 2130. The van der Waals surface area contributed by atoms with Crippen LogP contribution >= 0.6 is 0 Å². The highest BCUT2D eigenvalue weighted by Crippen LogP contribution is 2.42. The number of ketones is 2. The number of aromatic nitrogens is 2. The van der Waals surface area contributed by atoms with Gasteiger partial charge in [-0.3, -0.25) is 9.59 Å². The molecule has 2 aromatic rings. The highest BCUT2D eigenvalue weighted by Gasteiger charge is 2.43. The van der Waals surface area contributed by atoms with Crippen molar-refractivity contribution in [2.24, 2.45) is 47.3 Å². The standard InChI is InChI=1S/C25H32F3N3O4.C20H32N2O3.C6H4F3NO/c26-25(27,28)23-4-3-21(11-29-23)34-14-16-1-2-18-12-30(7-5-17(18)9-16)24(33)31-8-6-22-19(13-31)10-20(32)15-35-22;1-2-14-3-4-16-11-21(7-5-15(16)9-14)20(24)22-8-6-19-17(12-22)10-18(23)13-25-19;7-6(8,9)5-2-1-4(11)3-10-5/h3-4,11,16-19,22H,1-2,5-10,12-15H2;14-17,19H,2-13H2,1H3;1-3,11H/t16?,17?,18?,19-,22+;14?,15?,16?,17-,19+;/m10./s1. The van der Waals surface area contributed by atoms with Gasteiger partial charge in [0.2, 0.25) is 0 Å². The number of halogens is 6. The number of rotatable bonds is 4. The molecular weight excluding hydrogens is 939 g/mol. The Hall–Kier alpha value is -4.72. The number of amides is 4. The fraction of sp³-hybridized carbons (Fsp3) is 0.725. The van der Waals surface area contributed by atoms with Gasteiger partial charge in [-0.15, -0.1) is 0 Å². The van der Waals surface area contributed by atoms with Crippen LogP contribution < -0.4 is 4.74 Å². The van der Waals surface area contributed by atoms with Crippen molar-refractivity contribution in [1.29, 1.82) is 0 Å². The summed E-state index contributed by atoms with van der Waals surface area (Å²) in [6.45, 7) is 9.35. The molecule has 392 valence electrons. The van der Waals surface area contributed by atoms with E-state index in [0.717, 1.165) is 114 Å². The van der Waals surface area contributed by atoms with E-state index in [1.807, 2.05) is 14.7 Å². The van der Waals surface area contributed by atoms with Crippen molar-refractivity contribution in [2.75, 3.05) is 72.2 Å². The van der Waals surface area contributed by atoms with Gasteiger partial charge in [0, 0.05) is 77.0 Å². The second-order valence-electron chi connectivity index (χ2n) is 21.1. The van der Waals surface area contributed by atoms with Gasteiger partial charge in [0.1, 0.15) is 36.1 Å². The van der Waals surface area contributed by atoms with E-state index in [2.05, 4.69) is 21.8 Å². The van der Waals surface area contributed by atoms with E-state index in [1.54, 1.807) is 0 Å². The molecule has 0 radical (unpaired) electrons. The minimum Gasteiger partial charge on any atom is -0.506 e. The number of ether oxygens (including phenoxy) is 3. The highest BCUT2D eigenvalue weighted by molar-refractivity contribution is 5.81. The SMILES string of the molecule is CCC1CCC2CN(C(=O)N3CC[C@H]4OCC(=O)C[C@H]4C3)CCC2C1.O=C1CO[C@H]2CCN(C(=O)N3CCC4CC(COc5ccc(C(F)(F)F)nc5)CCC4C3)C[C@H]2C1.Oc1ccc(C(F)(F)F)nc1. The summed E-state index contributed by atoms with van der Waals surface area (Å²) in [5.74, 6) is 4.49. The van der Waals surface area contributed by atoms with Gasteiger partial charge < -0.3 is 38.9 Å². The van der Waals surface area contributed by atoms with Crippen LogP contribution in [0.15, 0.2) is 36.7 Å². The molecule has 6 aliphatic heterocycles. The Morgan fingerprint density at radius 1 is 0.606 bits per heavy atom. The molecule has 71 heavy (non-hydrogen) atoms. The van der Waals surface area contributed by atoms with E-state index in [-0.39, 0.29) is 66.6 Å². The van der Waals surface area contributed by atoms with Crippen molar-refractivity contribution in [3.8, 4) is 11.5 Å². The van der Waals surface area contributed by atoms with Gasteiger partial charge >= 0.3 is 24.4 Å². The quantitative estimate of drug-likeness (QED) is 0.294. The summed E-state index contributed by atoms with van der Waals surface area (Å²) < 4.78 is 90.4. The molecule has 6 unspecified atom stereocenters. The predicted molar refractivity (Wildman–Crippen MR) is 246 cm³/mol. The van der Waals surface area contributed by atoms with Crippen LogP contribution in [0, 0.1) is 47.3 Å². The molecular formula is C51H68F6N6O8. The fourth-order valence-corrected chi connectivity index (χ4v) is 12.4. The maximum Gasteiger partial charge on any atom is 0.433 e. The van der Waals surface area contributed by atoms with Gasteiger partial charge in [0.15, 0.2) is 11.6 Å². The summed E-state index contributed by atoms with van der Waals surface area (Å²) in [5.41, 5.74) is -1.92. The molecule has 8 aliphatic rings. The minimum absolute atomic E-state index is 0.0835. The number of likely N-dealkylation sites (tertiary alicyclic amines) is 4. The molecule has 2 aromatic heterocycles. The van der Waals surface area contributed by atoms with Gasteiger partial charge in [-0.05, 0) is 118 Å². The summed E-state index contributed by atoms with van der Waals surface area (Å²) in [7, 11) is 0. The molecule has 20 heteroatoms. The van der Waals surface area contributed by atoms with Crippen molar-refractivity contribution in [1.82, 2.24) is 29.6 Å². The maximum absolute atomic E-state index is 13.2. The van der Waals surface area contributed by atoms with Crippen LogP contribution in [0.25, 0.3) is 0 Å². The molecule has 6 saturated heterocycles. The zero-order valence-electron chi connectivity index (χ0n) is 40.5. The normalized spacial score (nSPS) is 31.0. The number of hydrogen-bond donors (Lipinski definition) is 1. The smallest absolute Gasteiger partial charge is 0.433 e. The lowest BCUT2D eigenvalue weighted by atomic mass is 9.70. The van der Waals surface area contributed by atoms with E-state index in [4.69, 9.17) is 19.3 Å². The Balaban J connectivity index is 0.000000163. The van der Waals surface area contributed by atoms with E-state index in [1.165, 1.54) is 38.2 Å². The van der Waals surface area contributed by atoms with Crippen LogP contribution in [0.3, 0.4) is 0 Å². The number of nitrogens with zero attached hydrogens (tertiary/aromatic N) is 6. The zero-order chi connectivity index (χ0) is 50.5. The Morgan fingerprint density at radius 2 is 1.06 bits per heavy atom. The Labute approximate surface area is 411 Å². The Kier molecular flexibility index (Phi) is 17.0. The maximum atomic E-state index is 13.2. The first-order chi connectivity index (χ1) is 33.9. The average molecular weight is 1010 g/mol. The van der Waals surface area contributed by atoms with Crippen molar-refractivity contribution < 1.29 is 64.8 Å².